The summed E-state index contributed by atoms with van der Waals surface area (Å²) in [4.78, 5) is 50.1. The highest BCUT2D eigenvalue weighted by atomic mass is 16.5. The highest BCUT2D eigenvalue weighted by molar-refractivity contribution is 6.05. The molecule has 0 aliphatic carbocycles. The molecular weight excluding hydrogens is 378 g/mol. The number of carbonyl (C=O) groups excluding carboxylic acids is 4. The van der Waals surface area contributed by atoms with Crippen LogP contribution in [0.4, 0.5) is 5.69 Å². The molecule has 1 unspecified atom stereocenters. The molecule has 1 aliphatic heterocycles. The number of carbonyl (C=O) groups is 4. The quantitative estimate of drug-likeness (QED) is 0.460. The molecule has 0 N–H and O–H groups in total. The molecule has 1 heterocycles. The molecule has 1 aromatic carbocycles. The largest absolute Gasteiger partial charge is 0.482 e. The summed E-state index contributed by atoms with van der Waals surface area (Å²) in [6.45, 7) is 7.41. The van der Waals surface area contributed by atoms with Gasteiger partial charge in [-0.25, -0.2) is 4.79 Å². The fourth-order valence-corrected chi connectivity index (χ4v) is 2.84. The number of rotatable bonds is 9. The van der Waals surface area contributed by atoms with Crippen LogP contribution in [0.2, 0.25) is 0 Å². The predicted octanol–water partition coefficient (Wildman–Crippen LogP) is 2.53. The summed E-state index contributed by atoms with van der Waals surface area (Å²) >= 11 is 0. The van der Waals surface area contributed by atoms with E-state index >= 15 is 0 Å². The molecule has 0 fully saturated rings. The summed E-state index contributed by atoms with van der Waals surface area (Å²) < 4.78 is 15.5. The number of Topliss-reactive ketones (excluding diaryl/α,β-unsaturated/α-hetero) is 1. The van der Waals surface area contributed by atoms with Crippen LogP contribution in [0.15, 0.2) is 18.2 Å². The van der Waals surface area contributed by atoms with Crippen molar-refractivity contribution in [1.82, 2.24) is 0 Å². The van der Waals surface area contributed by atoms with Gasteiger partial charge in [0.1, 0.15) is 11.8 Å². The molecule has 0 spiro atoms. The maximum Gasteiger partial charge on any atom is 0.328 e. The topological polar surface area (TPSA) is 99.2 Å². The average molecular weight is 405 g/mol. The smallest absolute Gasteiger partial charge is 0.328 e. The number of ether oxygens (including phenoxy) is 3. The van der Waals surface area contributed by atoms with Crippen LogP contribution in [0.3, 0.4) is 0 Å². The fraction of sp³-hybridized carbons (Fsp3) is 0.524. The van der Waals surface area contributed by atoms with E-state index in [1.54, 1.807) is 26.0 Å². The molecule has 1 aromatic rings. The SMILES string of the molecule is CCOC(=O)CCC(=O)c1ccc2c(c1)N(C(C)C(=O)OCC(C)C)C(=O)CO2. The van der Waals surface area contributed by atoms with Crippen molar-refractivity contribution in [1.29, 1.82) is 0 Å². The second-order valence-corrected chi connectivity index (χ2v) is 7.16. The van der Waals surface area contributed by atoms with Crippen LogP contribution in [0, 0.1) is 5.92 Å². The van der Waals surface area contributed by atoms with Crippen molar-refractivity contribution in [3.05, 3.63) is 23.8 Å². The summed E-state index contributed by atoms with van der Waals surface area (Å²) in [6.07, 6.45) is -0.0424. The van der Waals surface area contributed by atoms with Crippen LogP contribution in [0.25, 0.3) is 0 Å². The standard InChI is InChI=1S/C21H27NO7/c1-5-27-20(25)9-7-17(23)15-6-8-18-16(10-15)22(19(24)12-28-18)14(4)21(26)29-11-13(2)3/h6,8,10,13-14H,5,7,9,11-12H2,1-4H3. The van der Waals surface area contributed by atoms with Crippen molar-refractivity contribution < 1.29 is 33.4 Å². The number of hydrogen-bond donors (Lipinski definition) is 0. The van der Waals surface area contributed by atoms with Crippen molar-refractivity contribution in [2.24, 2.45) is 5.92 Å². The van der Waals surface area contributed by atoms with Gasteiger partial charge in [-0.1, -0.05) is 13.8 Å². The summed E-state index contributed by atoms with van der Waals surface area (Å²) in [7, 11) is 0. The van der Waals surface area contributed by atoms with Crippen LogP contribution in [-0.4, -0.2) is 49.5 Å². The number of anilines is 1. The lowest BCUT2D eigenvalue weighted by molar-refractivity contribution is -0.147. The Kier molecular flexibility index (Phi) is 7.75. The van der Waals surface area contributed by atoms with Gasteiger partial charge in [0, 0.05) is 12.0 Å². The molecular formula is C21H27NO7. The van der Waals surface area contributed by atoms with Crippen LogP contribution in [0.5, 0.6) is 5.75 Å². The van der Waals surface area contributed by atoms with Gasteiger partial charge >= 0.3 is 11.9 Å². The Morgan fingerprint density at radius 3 is 2.52 bits per heavy atom. The molecule has 158 valence electrons. The summed E-state index contributed by atoms with van der Waals surface area (Å²) in [5.41, 5.74) is 0.649. The Morgan fingerprint density at radius 2 is 1.86 bits per heavy atom. The lowest BCUT2D eigenvalue weighted by Crippen LogP contribution is -2.48. The molecule has 1 atom stereocenters. The zero-order valence-corrected chi connectivity index (χ0v) is 17.2. The first-order chi connectivity index (χ1) is 13.7. The van der Waals surface area contributed by atoms with E-state index in [1.807, 2.05) is 13.8 Å². The highest BCUT2D eigenvalue weighted by Gasteiger charge is 2.34. The third-order valence-corrected chi connectivity index (χ3v) is 4.31. The van der Waals surface area contributed by atoms with Crippen molar-refractivity contribution >= 4 is 29.3 Å². The highest BCUT2D eigenvalue weighted by Crippen LogP contribution is 2.35. The third-order valence-electron chi connectivity index (χ3n) is 4.31. The van der Waals surface area contributed by atoms with Gasteiger partial charge in [0.2, 0.25) is 0 Å². The van der Waals surface area contributed by atoms with Crippen LogP contribution < -0.4 is 9.64 Å². The monoisotopic (exact) mass is 405 g/mol. The molecule has 0 saturated carbocycles. The van der Waals surface area contributed by atoms with Gasteiger partial charge in [-0.15, -0.1) is 0 Å². The molecule has 0 radical (unpaired) electrons. The Hall–Kier alpha value is -2.90. The second kappa shape index (κ2) is 10.0. The number of fused-ring (bicyclic) bond motifs is 1. The lowest BCUT2D eigenvalue weighted by Gasteiger charge is -2.33. The second-order valence-electron chi connectivity index (χ2n) is 7.16. The number of amides is 1. The van der Waals surface area contributed by atoms with E-state index in [2.05, 4.69) is 0 Å². The molecule has 29 heavy (non-hydrogen) atoms. The molecule has 0 saturated heterocycles. The summed E-state index contributed by atoms with van der Waals surface area (Å²) in [5.74, 6) is -1.08. The van der Waals surface area contributed by atoms with E-state index < -0.39 is 23.9 Å². The van der Waals surface area contributed by atoms with Crippen molar-refractivity contribution in [2.75, 3.05) is 24.7 Å². The lowest BCUT2D eigenvalue weighted by atomic mass is 10.0. The van der Waals surface area contributed by atoms with Gasteiger partial charge in [-0.2, -0.15) is 0 Å². The number of ketones is 1. The number of hydrogen-bond acceptors (Lipinski definition) is 7. The molecule has 8 heteroatoms. The van der Waals surface area contributed by atoms with E-state index in [4.69, 9.17) is 14.2 Å². The minimum atomic E-state index is -0.867. The number of nitrogens with zero attached hydrogens (tertiary/aromatic N) is 1. The average Bonchev–Trinajstić information content (AvgIpc) is 2.69. The maximum absolute atomic E-state index is 12.5. The van der Waals surface area contributed by atoms with Crippen LogP contribution in [-0.2, 0) is 23.9 Å². The number of benzene rings is 1. The third kappa shape index (κ3) is 5.79. The molecule has 8 nitrogen and oxygen atoms in total. The van der Waals surface area contributed by atoms with Gasteiger partial charge in [-0.05, 0) is 38.0 Å². The molecule has 1 amide bonds. The predicted molar refractivity (Wildman–Crippen MR) is 105 cm³/mol. The Labute approximate surface area is 170 Å². The first-order valence-corrected chi connectivity index (χ1v) is 9.69. The Bertz CT molecular complexity index is 787. The summed E-state index contributed by atoms with van der Waals surface area (Å²) in [6, 6.07) is 3.79. The molecule has 1 aliphatic rings. The van der Waals surface area contributed by atoms with Gasteiger partial charge in [0.15, 0.2) is 12.4 Å². The summed E-state index contributed by atoms with van der Waals surface area (Å²) in [5, 5.41) is 0. The normalized spacial score (nSPS) is 14.1. The van der Waals surface area contributed by atoms with E-state index in [0.717, 1.165) is 0 Å². The van der Waals surface area contributed by atoms with Crippen LogP contribution >= 0.6 is 0 Å². The molecule has 0 aromatic heterocycles. The first-order valence-electron chi connectivity index (χ1n) is 9.69. The van der Waals surface area contributed by atoms with E-state index in [9.17, 15) is 19.2 Å². The van der Waals surface area contributed by atoms with Crippen LogP contribution in [0.1, 0.15) is 50.9 Å². The zero-order chi connectivity index (χ0) is 21.6. The molecule has 0 bridgehead atoms. The zero-order valence-electron chi connectivity index (χ0n) is 17.2. The first kappa shape index (κ1) is 22.4. The molecule has 2 rings (SSSR count). The minimum Gasteiger partial charge on any atom is -0.482 e. The Morgan fingerprint density at radius 1 is 1.14 bits per heavy atom. The van der Waals surface area contributed by atoms with E-state index in [0.29, 0.717) is 17.0 Å². The fourth-order valence-electron chi connectivity index (χ4n) is 2.84. The number of esters is 2. The van der Waals surface area contributed by atoms with E-state index in [-0.39, 0.29) is 44.4 Å². The maximum atomic E-state index is 12.5. The van der Waals surface area contributed by atoms with Gasteiger partial charge in [0.05, 0.1) is 25.3 Å². The van der Waals surface area contributed by atoms with Crippen molar-refractivity contribution in [3.8, 4) is 5.75 Å². The van der Waals surface area contributed by atoms with Crippen molar-refractivity contribution in [2.45, 2.75) is 46.6 Å². The van der Waals surface area contributed by atoms with Gasteiger partial charge in [0.25, 0.3) is 5.91 Å². The Balaban J connectivity index is 2.20. The van der Waals surface area contributed by atoms with Crippen molar-refractivity contribution in [3.63, 3.8) is 0 Å². The van der Waals surface area contributed by atoms with Gasteiger partial charge < -0.3 is 14.2 Å². The minimum absolute atomic E-state index is 0.0155. The van der Waals surface area contributed by atoms with Gasteiger partial charge in [-0.3, -0.25) is 19.3 Å². The van der Waals surface area contributed by atoms with E-state index in [1.165, 1.54) is 11.0 Å².